The summed E-state index contributed by atoms with van der Waals surface area (Å²) in [6.45, 7) is 0.237. The molecular formula is C10H8BrF2NO5S. The van der Waals surface area contributed by atoms with E-state index in [0.29, 0.717) is 6.07 Å². The lowest BCUT2D eigenvalue weighted by molar-refractivity contribution is -0.103. The molecule has 6 nitrogen and oxygen atoms in total. The van der Waals surface area contributed by atoms with Gasteiger partial charge in [0.15, 0.2) is 5.82 Å². The molecule has 110 valence electrons. The van der Waals surface area contributed by atoms with E-state index < -0.39 is 48.7 Å². The van der Waals surface area contributed by atoms with Crippen molar-refractivity contribution in [1.29, 1.82) is 0 Å². The van der Waals surface area contributed by atoms with Crippen LogP contribution in [0.3, 0.4) is 0 Å². The lowest BCUT2D eigenvalue weighted by Gasteiger charge is -2.25. The van der Waals surface area contributed by atoms with Gasteiger partial charge in [-0.2, -0.15) is 0 Å². The van der Waals surface area contributed by atoms with Crippen LogP contribution in [0.2, 0.25) is 0 Å². The summed E-state index contributed by atoms with van der Waals surface area (Å²) in [5.74, 6) is -4.16. The molecule has 0 amide bonds. The Bertz CT molecular complexity index is 675. The number of halogens is 3. The number of hydrogen-bond donors (Lipinski definition) is 1. The molecule has 1 aromatic carbocycles. The number of benzene rings is 1. The van der Waals surface area contributed by atoms with Gasteiger partial charge < -0.3 is 9.47 Å². The van der Waals surface area contributed by atoms with Crippen molar-refractivity contribution >= 4 is 31.9 Å². The molecule has 2 N–H and O–H groups in total. The van der Waals surface area contributed by atoms with Crippen LogP contribution in [-0.2, 0) is 19.5 Å². The van der Waals surface area contributed by atoms with Crippen molar-refractivity contribution in [3.05, 3.63) is 27.7 Å². The second-order valence-electron chi connectivity index (χ2n) is 3.97. The molecule has 0 saturated carbocycles. The second kappa shape index (κ2) is 5.35. The number of carbonyl (C=O) groups is 1. The van der Waals surface area contributed by atoms with E-state index in [1.165, 1.54) is 0 Å². The minimum atomic E-state index is -4.48. The van der Waals surface area contributed by atoms with Gasteiger partial charge >= 0.3 is 5.97 Å². The molecule has 0 aliphatic carbocycles. The number of rotatable bonds is 3. The largest absolute Gasteiger partial charge is 0.454 e. The highest BCUT2D eigenvalue weighted by molar-refractivity contribution is 9.10. The highest BCUT2D eigenvalue weighted by Crippen LogP contribution is 2.29. The summed E-state index contributed by atoms with van der Waals surface area (Å²) >= 11 is 2.68. The molecule has 1 fully saturated rings. The molecule has 0 unspecified atom stereocenters. The van der Waals surface area contributed by atoms with Crippen LogP contribution >= 0.6 is 15.9 Å². The maximum atomic E-state index is 14.1. The standard InChI is InChI=1S/C10H8BrF2NO5S/c11-5-1-6(12)7(8(13)9(5)20(14,16)17)10(15)19-4-2-18-3-4/h1,4H,2-3H2,(H2,14,16,17). The van der Waals surface area contributed by atoms with Gasteiger partial charge in [-0.15, -0.1) is 0 Å². The fourth-order valence-corrected chi connectivity index (χ4v) is 3.25. The lowest BCUT2D eigenvalue weighted by atomic mass is 10.2. The zero-order valence-electron chi connectivity index (χ0n) is 9.73. The van der Waals surface area contributed by atoms with E-state index >= 15 is 0 Å². The number of nitrogens with two attached hydrogens (primary N) is 1. The van der Waals surface area contributed by atoms with Crippen molar-refractivity contribution in [3.63, 3.8) is 0 Å². The Morgan fingerprint density at radius 1 is 1.45 bits per heavy atom. The summed E-state index contributed by atoms with van der Waals surface area (Å²) < 4.78 is 59.3. The fourth-order valence-electron chi connectivity index (χ4n) is 1.51. The highest BCUT2D eigenvalue weighted by atomic mass is 79.9. The Balaban J connectivity index is 2.49. The molecule has 1 aliphatic heterocycles. The van der Waals surface area contributed by atoms with Crippen LogP contribution in [0.1, 0.15) is 10.4 Å². The molecule has 0 aromatic heterocycles. The first-order chi connectivity index (χ1) is 9.21. The molecule has 20 heavy (non-hydrogen) atoms. The van der Waals surface area contributed by atoms with Crippen LogP contribution in [0.15, 0.2) is 15.4 Å². The predicted molar refractivity (Wildman–Crippen MR) is 65.5 cm³/mol. The number of esters is 1. The van der Waals surface area contributed by atoms with Gasteiger partial charge in [0.1, 0.15) is 22.4 Å². The highest BCUT2D eigenvalue weighted by Gasteiger charge is 2.32. The summed E-state index contributed by atoms with van der Waals surface area (Å²) in [6.07, 6.45) is -0.608. The van der Waals surface area contributed by atoms with Gasteiger partial charge in [-0.1, -0.05) is 0 Å². The van der Waals surface area contributed by atoms with Crippen LogP contribution in [0, 0.1) is 11.6 Å². The molecule has 1 heterocycles. The van der Waals surface area contributed by atoms with Gasteiger partial charge in [0.2, 0.25) is 10.0 Å². The van der Waals surface area contributed by atoms with Crippen molar-refractivity contribution in [2.45, 2.75) is 11.0 Å². The third-order valence-corrected chi connectivity index (χ3v) is 4.35. The Hall–Kier alpha value is -1.10. The number of primary sulfonamides is 1. The number of carbonyl (C=O) groups excluding carboxylic acids is 1. The summed E-state index contributed by atoms with van der Waals surface area (Å²) in [5.41, 5.74) is -1.11. The van der Waals surface area contributed by atoms with Crippen molar-refractivity contribution < 1.29 is 31.5 Å². The third-order valence-electron chi connectivity index (χ3n) is 2.50. The van der Waals surface area contributed by atoms with Gasteiger partial charge in [-0.05, 0) is 22.0 Å². The van der Waals surface area contributed by atoms with Crippen molar-refractivity contribution in [3.8, 4) is 0 Å². The van der Waals surface area contributed by atoms with Gasteiger partial charge in [-0.25, -0.2) is 27.1 Å². The molecule has 0 spiro atoms. The zero-order chi connectivity index (χ0) is 15.1. The maximum absolute atomic E-state index is 14.1. The van der Waals surface area contributed by atoms with Crippen LogP contribution in [0.5, 0.6) is 0 Å². The van der Waals surface area contributed by atoms with Crippen molar-refractivity contribution in [2.24, 2.45) is 5.14 Å². The first kappa shape index (κ1) is 15.3. The van der Waals surface area contributed by atoms with E-state index in [1.54, 1.807) is 0 Å². The summed E-state index contributed by atoms with van der Waals surface area (Å²) in [6, 6.07) is 0.636. The minimum absolute atomic E-state index is 0.119. The minimum Gasteiger partial charge on any atom is -0.454 e. The normalized spacial score (nSPS) is 15.8. The number of sulfonamides is 1. The summed E-state index contributed by atoms with van der Waals surface area (Å²) in [5, 5.41) is 4.82. The van der Waals surface area contributed by atoms with E-state index in [4.69, 9.17) is 14.6 Å². The van der Waals surface area contributed by atoms with Crippen molar-refractivity contribution in [2.75, 3.05) is 13.2 Å². The van der Waals surface area contributed by atoms with Gasteiger partial charge in [0.25, 0.3) is 0 Å². The Morgan fingerprint density at radius 2 is 2.05 bits per heavy atom. The molecule has 1 aromatic rings. The topological polar surface area (TPSA) is 95.7 Å². The van der Waals surface area contributed by atoms with Gasteiger partial charge in [0.05, 0.1) is 13.2 Å². The molecule has 0 bridgehead atoms. The average molecular weight is 372 g/mol. The third kappa shape index (κ3) is 2.82. The van der Waals surface area contributed by atoms with Crippen LogP contribution in [-0.4, -0.2) is 33.7 Å². The van der Waals surface area contributed by atoms with E-state index in [1.807, 2.05) is 0 Å². The van der Waals surface area contributed by atoms with Crippen LogP contribution < -0.4 is 5.14 Å². The molecule has 0 radical (unpaired) electrons. The summed E-state index contributed by atoms with van der Waals surface area (Å²) in [4.78, 5) is 10.7. The maximum Gasteiger partial charge on any atom is 0.344 e. The first-order valence-electron chi connectivity index (χ1n) is 5.21. The van der Waals surface area contributed by atoms with Gasteiger partial charge in [-0.3, -0.25) is 0 Å². The quantitative estimate of drug-likeness (QED) is 0.797. The Labute approximate surface area is 121 Å². The molecule has 2 rings (SSSR count). The molecule has 1 saturated heterocycles. The van der Waals surface area contributed by atoms with E-state index in [-0.39, 0.29) is 13.2 Å². The zero-order valence-corrected chi connectivity index (χ0v) is 12.1. The predicted octanol–water partition coefficient (Wildman–Crippen LogP) is 0.930. The molecular weight excluding hydrogens is 364 g/mol. The average Bonchev–Trinajstić information content (AvgIpc) is 2.20. The fraction of sp³-hybridized carbons (Fsp3) is 0.300. The van der Waals surface area contributed by atoms with E-state index in [9.17, 15) is 22.0 Å². The number of ether oxygens (including phenoxy) is 2. The lowest BCUT2D eigenvalue weighted by Crippen LogP contribution is -2.38. The molecule has 10 heteroatoms. The first-order valence-corrected chi connectivity index (χ1v) is 7.54. The van der Waals surface area contributed by atoms with E-state index in [2.05, 4.69) is 15.9 Å². The van der Waals surface area contributed by atoms with Crippen molar-refractivity contribution in [1.82, 2.24) is 0 Å². The smallest absolute Gasteiger partial charge is 0.344 e. The summed E-state index contributed by atoms with van der Waals surface area (Å²) in [7, 11) is -4.48. The molecule has 0 atom stereocenters. The molecule has 1 aliphatic rings. The van der Waals surface area contributed by atoms with Crippen LogP contribution in [0.25, 0.3) is 0 Å². The van der Waals surface area contributed by atoms with Crippen LogP contribution in [0.4, 0.5) is 8.78 Å². The Morgan fingerprint density at radius 3 is 2.50 bits per heavy atom. The van der Waals surface area contributed by atoms with Gasteiger partial charge in [0, 0.05) is 4.47 Å². The monoisotopic (exact) mass is 371 g/mol. The number of hydrogen-bond acceptors (Lipinski definition) is 5. The van der Waals surface area contributed by atoms with E-state index in [0.717, 1.165) is 0 Å². The SMILES string of the molecule is NS(=O)(=O)c1c(Br)cc(F)c(C(=O)OC2COC2)c1F. The second-order valence-corrected chi connectivity index (χ2v) is 6.32. The Kier molecular flexibility index (Phi) is 4.09.